The first-order chi connectivity index (χ1) is 6.96. The van der Waals surface area contributed by atoms with E-state index < -0.39 is 0 Å². The summed E-state index contributed by atoms with van der Waals surface area (Å²) in [5, 5.41) is 0. The molecule has 0 saturated carbocycles. The predicted molar refractivity (Wildman–Crippen MR) is 59.9 cm³/mol. The summed E-state index contributed by atoms with van der Waals surface area (Å²) < 4.78 is 16.1. The molecule has 0 radical (unpaired) electrons. The van der Waals surface area contributed by atoms with Gasteiger partial charge in [0.15, 0.2) is 11.5 Å². The summed E-state index contributed by atoms with van der Waals surface area (Å²) >= 11 is 0. The van der Waals surface area contributed by atoms with Gasteiger partial charge in [0.05, 0.1) is 14.2 Å². The summed E-state index contributed by atoms with van der Waals surface area (Å²) in [4.78, 5) is 0. The van der Waals surface area contributed by atoms with Crippen LogP contribution in [-0.2, 0) is 0 Å². The lowest BCUT2D eigenvalue weighted by Crippen LogP contribution is -2.23. The Kier molecular flexibility index (Phi) is 3.45. The summed E-state index contributed by atoms with van der Waals surface area (Å²) in [5.41, 5.74) is -0.250. The van der Waals surface area contributed by atoms with Crippen molar-refractivity contribution in [3.63, 3.8) is 0 Å². The lowest BCUT2D eigenvalue weighted by Gasteiger charge is -2.23. The van der Waals surface area contributed by atoms with Crippen LogP contribution in [0.5, 0.6) is 17.2 Å². The second-order valence-corrected chi connectivity index (χ2v) is 4.23. The molecule has 1 aromatic rings. The topological polar surface area (TPSA) is 27.7 Å². The average molecular weight is 210 g/mol. The molecule has 0 N–H and O–H groups in total. The van der Waals surface area contributed by atoms with Crippen molar-refractivity contribution in [2.24, 2.45) is 0 Å². The number of rotatable bonds is 3. The standard InChI is InChI=1S/C12H18O3/c1-12(2,3)15-11-8-9(13-4)6-7-10(11)14-5/h6-8H,1-5H3. The number of ether oxygens (including phenoxy) is 3. The molecule has 84 valence electrons. The van der Waals surface area contributed by atoms with E-state index in [1.165, 1.54) is 0 Å². The Balaban J connectivity index is 3.01. The van der Waals surface area contributed by atoms with E-state index in [0.29, 0.717) is 11.5 Å². The van der Waals surface area contributed by atoms with Gasteiger partial charge in [-0.15, -0.1) is 0 Å². The van der Waals surface area contributed by atoms with Gasteiger partial charge in [0.1, 0.15) is 11.4 Å². The molecule has 0 bridgehead atoms. The zero-order valence-electron chi connectivity index (χ0n) is 9.96. The van der Waals surface area contributed by atoms with E-state index in [9.17, 15) is 0 Å². The molecular formula is C12H18O3. The molecule has 1 rings (SSSR count). The Labute approximate surface area is 91.0 Å². The van der Waals surface area contributed by atoms with Gasteiger partial charge in [-0.1, -0.05) is 0 Å². The quantitative estimate of drug-likeness (QED) is 0.767. The Morgan fingerprint density at radius 3 is 2.07 bits per heavy atom. The number of hydrogen-bond donors (Lipinski definition) is 0. The minimum absolute atomic E-state index is 0.250. The molecule has 0 aliphatic heterocycles. The Morgan fingerprint density at radius 2 is 1.60 bits per heavy atom. The molecule has 3 nitrogen and oxygen atoms in total. The third-order valence-corrected chi connectivity index (χ3v) is 1.79. The summed E-state index contributed by atoms with van der Waals surface area (Å²) in [7, 11) is 3.25. The monoisotopic (exact) mass is 210 g/mol. The van der Waals surface area contributed by atoms with Gasteiger partial charge in [-0.25, -0.2) is 0 Å². The maximum absolute atomic E-state index is 5.76. The molecular weight excluding hydrogens is 192 g/mol. The summed E-state index contributed by atoms with van der Waals surface area (Å²) in [5.74, 6) is 2.17. The summed E-state index contributed by atoms with van der Waals surface area (Å²) in [6.07, 6.45) is 0. The van der Waals surface area contributed by atoms with Crippen LogP contribution in [0.3, 0.4) is 0 Å². The van der Waals surface area contributed by atoms with E-state index >= 15 is 0 Å². The fourth-order valence-corrected chi connectivity index (χ4v) is 1.19. The number of benzene rings is 1. The SMILES string of the molecule is COc1ccc(OC)c(OC(C)(C)C)c1. The summed E-state index contributed by atoms with van der Waals surface area (Å²) in [6, 6.07) is 5.50. The van der Waals surface area contributed by atoms with Crippen molar-refractivity contribution in [1.29, 1.82) is 0 Å². The first kappa shape index (κ1) is 11.7. The third kappa shape index (κ3) is 3.35. The Morgan fingerprint density at radius 1 is 0.933 bits per heavy atom. The normalized spacial score (nSPS) is 11.0. The molecule has 0 saturated heterocycles. The molecule has 0 heterocycles. The van der Waals surface area contributed by atoms with E-state index in [1.807, 2.05) is 39.0 Å². The second kappa shape index (κ2) is 4.43. The van der Waals surface area contributed by atoms with Crippen LogP contribution in [0.2, 0.25) is 0 Å². The van der Waals surface area contributed by atoms with Crippen molar-refractivity contribution < 1.29 is 14.2 Å². The zero-order chi connectivity index (χ0) is 11.5. The van der Waals surface area contributed by atoms with Gasteiger partial charge >= 0.3 is 0 Å². The highest BCUT2D eigenvalue weighted by molar-refractivity contribution is 5.45. The van der Waals surface area contributed by atoms with Crippen molar-refractivity contribution in [1.82, 2.24) is 0 Å². The lowest BCUT2D eigenvalue weighted by molar-refractivity contribution is 0.125. The molecule has 0 aliphatic rings. The molecule has 0 atom stereocenters. The lowest BCUT2D eigenvalue weighted by atomic mass is 10.2. The maximum Gasteiger partial charge on any atom is 0.165 e. The molecule has 0 fully saturated rings. The van der Waals surface area contributed by atoms with E-state index in [-0.39, 0.29) is 5.60 Å². The molecule has 15 heavy (non-hydrogen) atoms. The van der Waals surface area contributed by atoms with Crippen LogP contribution in [0, 0.1) is 0 Å². The smallest absolute Gasteiger partial charge is 0.165 e. The molecule has 1 aromatic carbocycles. The van der Waals surface area contributed by atoms with Crippen LogP contribution < -0.4 is 14.2 Å². The maximum atomic E-state index is 5.76. The highest BCUT2D eigenvalue weighted by Gasteiger charge is 2.15. The largest absolute Gasteiger partial charge is 0.497 e. The van der Waals surface area contributed by atoms with Gasteiger partial charge in [0, 0.05) is 6.07 Å². The fourth-order valence-electron chi connectivity index (χ4n) is 1.19. The highest BCUT2D eigenvalue weighted by atomic mass is 16.5. The van der Waals surface area contributed by atoms with Crippen LogP contribution >= 0.6 is 0 Å². The van der Waals surface area contributed by atoms with E-state index in [2.05, 4.69) is 0 Å². The van der Waals surface area contributed by atoms with Gasteiger partial charge < -0.3 is 14.2 Å². The second-order valence-electron chi connectivity index (χ2n) is 4.23. The first-order valence-electron chi connectivity index (χ1n) is 4.87. The van der Waals surface area contributed by atoms with E-state index in [0.717, 1.165) is 5.75 Å². The van der Waals surface area contributed by atoms with Crippen LogP contribution in [0.1, 0.15) is 20.8 Å². The van der Waals surface area contributed by atoms with Gasteiger partial charge in [-0.3, -0.25) is 0 Å². The molecule has 0 amide bonds. The van der Waals surface area contributed by atoms with Crippen LogP contribution in [0.25, 0.3) is 0 Å². The van der Waals surface area contributed by atoms with E-state index in [1.54, 1.807) is 14.2 Å². The molecule has 0 aliphatic carbocycles. The van der Waals surface area contributed by atoms with Crippen molar-refractivity contribution in [2.75, 3.05) is 14.2 Å². The molecule has 0 spiro atoms. The zero-order valence-corrected chi connectivity index (χ0v) is 9.96. The van der Waals surface area contributed by atoms with Crippen LogP contribution in [-0.4, -0.2) is 19.8 Å². The first-order valence-corrected chi connectivity index (χ1v) is 4.87. The molecule has 0 unspecified atom stereocenters. The number of methoxy groups -OCH3 is 2. The van der Waals surface area contributed by atoms with Crippen molar-refractivity contribution in [3.05, 3.63) is 18.2 Å². The van der Waals surface area contributed by atoms with Crippen molar-refractivity contribution in [2.45, 2.75) is 26.4 Å². The van der Waals surface area contributed by atoms with E-state index in [4.69, 9.17) is 14.2 Å². The summed E-state index contributed by atoms with van der Waals surface area (Å²) in [6.45, 7) is 5.98. The Bertz CT molecular complexity index is 326. The average Bonchev–Trinajstić information content (AvgIpc) is 2.15. The van der Waals surface area contributed by atoms with Crippen LogP contribution in [0.15, 0.2) is 18.2 Å². The van der Waals surface area contributed by atoms with Crippen molar-refractivity contribution in [3.8, 4) is 17.2 Å². The van der Waals surface area contributed by atoms with Gasteiger partial charge in [-0.2, -0.15) is 0 Å². The number of hydrogen-bond acceptors (Lipinski definition) is 3. The highest BCUT2D eigenvalue weighted by Crippen LogP contribution is 2.33. The third-order valence-electron chi connectivity index (χ3n) is 1.79. The molecule has 0 aromatic heterocycles. The predicted octanol–water partition coefficient (Wildman–Crippen LogP) is 2.88. The minimum atomic E-state index is -0.250. The fraction of sp³-hybridized carbons (Fsp3) is 0.500. The van der Waals surface area contributed by atoms with Gasteiger partial charge in [-0.05, 0) is 32.9 Å². The minimum Gasteiger partial charge on any atom is -0.497 e. The van der Waals surface area contributed by atoms with Crippen LogP contribution in [0.4, 0.5) is 0 Å². The van der Waals surface area contributed by atoms with Gasteiger partial charge in [0.25, 0.3) is 0 Å². The Hall–Kier alpha value is -1.38. The van der Waals surface area contributed by atoms with Crippen molar-refractivity contribution >= 4 is 0 Å². The molecule has 3 heteroatoms. The van der Waals surface area contributed by atoms with Gasteiger partial charge in [0.2, 0.25) is 0 Å².